The van der Waals surface area contributed by atoms with Gasteiger partial charge in [-0.05, 0) is 35.9 Å². The van der Waals surface area contributed by atoms with Crippen LogP contribution in [0.2, 0.25) is 0 Å². The monoisotopic (exact) mass is 295 g/mol. The molecule has 1 aliphatic rings. The molecule has 0 unspecified atom stereocenters. The molecule has 1 heterocycles. The van der Waals surface area contributed by atoms with Crippen molar-refractivity contribution >= 4 is 29.5 Å². The minimum atomic E-state index is 0.0582. The third-order valence-electron chi connectivity index (χ3n) is 3.23. The van der Waals surface area contributed by atoms with Gasteiger partial charge in [0, 0.05) is 16.0 Å². The number of nitrogens with one attached hydrogen (secondary N) is 1. The molecule has 2 aromatic rings. The van der Waals surface area contributed by atoms with Gasteiger partial charge in [-0.15, -0.1) is 0 Å². The van der Waals surface area contributed by atoms with Crippen molar-refractivity contribution in [3.8, 4) is 0 Å². The molecule has 0 bridgehead atoms. The van der Waals surface area contributed by atoms with Crippen molar-refractivity contribution in [1.82, 2.24) is 0 Å². The molecule has 0 spiro atoms. The minimum Gasteiger partial charge on any atom is -0.481 e. The van der Waals surface area contributed by atoms with Gasteiger partial charge in [-0.3, -0.25) is 10.2 Å². The summed E-state index contributed by atoms with van der Waals surface area (Å²) in [5.41, 5.74) is 2.34. The Hall–Kier alpha value is -2.33. The molecular weight excluding hydrogens is 282 g/mol. The summed E-state index contributed by atoms with van der Waals surface area (Å²) >= 11 is 1.49. The van der Waals surface area contributed by atoms with Gasteiger partial charge in [0.2, 0.25) is 11.7 Å². The molecule has 21 heavy (non-hydrogen) atoms. The van der Waals surface area contributed by atoms with E-state index in [1.165, 1.54) is 18.9 Å². The highest BCUT2D eigenvalue weighted by Gasteiger charge is 2.25. The molecule has 3 rings (SSSR count). The number of ketones is 1. The quantitative estimate of drug-likeness (QED) is 0.518. The fourth-order valence-corrected chi connectivity index (χ4v) is 3.23. The zero-order chi connectivity index (χ0) is 14.8. The first kappa shape index (κ1) is 13.6. The normalized spacial score (nSPS) is 15.1. The van der Waals surface area contributed by atoms with Gasteiger partial charge < -0.3 is 4.74 Å². The van der Waals surface area contributed by atoms with E-state index in [0.717, 1.165) is 16.0 Å². The minimum absolute atomic E-state index is 0.0582. The number of rotatable bonds is 2. The Labute approximate surface area is 127 Å². The van der Waals surface area contributed by atoms with Crippen molar-refractivity contribution in [1.29, 1.82) is 5.41 Å². The van der Waals surface area contributed by atoms with E-state index in [1.54, 1.807) is 0 Å². The van der Waals surface area contributed by atoms with Crippen LogP contribution in [0.3, 0.4) is 0 Å². The molecule has 3 nitrogen and oxygen atoms in total. The predicted molar refractivity (Wildman–Crippen MR) is 84.9 cm³/mol. The second kappa shape index (κ2) is 5.58. The van der Waals surface area contributed by atoms with Crippen LogP contribution < -0.4 is 0 Å². The van der Waals surface area contributed by atoms with Crippen LogP contribution in [0.1, 0.15) is 21.5 Å². The van der Waals surface area contributed by atoms with Crippen molar-refractivity contribution in [2.45, 2.75) is 4.90 Å². The zero-order valence-electron chi connectivity index (χ0n) is 11.4. The van der Waals surface area contributed by atoms with Crippen LogP contribution in [0, 0.1) is 5.41 Å². The van der Waals surface area contributed by atoms with Gasteiger partial charge in [0.15, 0.2) is 0 Å². The molecule has 0 aliphatic carbocycles. The zero-order valence-corrected chi connectivity index (χ0v) is 12.2. The molecule has 0 amide bonds. The number of allylic oxidation sites excluding steroid dienone is 1. The maximum atomic E-state index is 12.3. The highest BCUT2D eigenvalue weighted by Crippen LogP contribution is 2.40. The van der Waals surface area contributed by atoms with E-state index in [1.807, 2.05) is 54.6 Å². The summed E-state index contributed by atoms with van der Waals surface area (Å²) in [5, 5.41) is 7.69. The Morgan fingerprint density at radius 1 is 1.19 bits per heavy atom. The van der Waals surface area contributed by atoms with Gasteiger partial charge in [0.25, 0.3) is 0 Å². The van der Waals surface area contributed by atoms with Gasteiger partial charge in [0.1, 0.15) is 0 Å². The SMILES string of the molecule is COC(=N)c1cccc(/C=C2/Sc3ccccc3C2=O)c1. The number of carbonyl (C=O) groups excluding carboxylic acids is 1. The lowest BCUT2D eigenvalue weighted by molar-refractivity contribution is 0.104. The fourth-order valence-electron chi connectivity index (χ4n) is 2.17. The Balaban J connectivity index is 1.94. The number of thioether (sulfide) groups is 1. The van der Waals surface area contributed by atoms with E-state index in [-0.39, 0.29) is 11.7 Å². The lowest BCUT2D eigenvalue weighted by Gasteiger charge is -2.03. The molecule has 104 valence electrons. The predicted octanol–water partition coefficient (Wildman–Crippen LogP) is 3.99. The van der Waals surface area contributed by atoms with Crippen LogP contribution >= 0.6 is 11.8 Å². The first-order valence-electron chi connectivity index (χ1n) is 6.45. The molecule has 0 saturated heterocycles. The van der Waals surface area contributed by atoms with E-state index in [9.17, 15) is 4.79 Å². The van der Waals surface area contributed by atoms with Gasteiger partial charge in [-0.1, -0.05) is 36.0 Å². The Kier molecular flexibility index (Phi) is 3.62. The first-order chi connectivity index (χ1) is 10.2. The standard InChI is InChI=1S/C17H13NO2S/c1-20-17(18)12-6-4-5-11(9-12)10-15-16(19)13-7-2-3-8-14(13)21-15/h2-10,18H,1H3/b15-10+,18-17?. The Morgan fingerprint density at radius 2 is 2.00 bits per heavy atom. The second-order valence-electron chi connectivity index (χ2n) is 4.59. The van der Waals surface area contributed by atoms with Gasteiger partial charge in [-0.25, -0.2) is 0 Å². The van der Waals surface area contributed by atoms with E-state index in [4.69, 9.17) is 10.1 Å². The molecule has 2 aromatic carbocycles. The number of hydrogen-bond acceptors (Lipinski definition) is 4. The number of carbonyl (C=O) groups is 1. The Morgan fingerprint density at radius 3 is 2.76 bits per heavy atom. The van der Waals surface area contributed by atoms with Crippen LogP contribution in [0.5, 0.6) is 0 Å². The molecule has 0 radical (unpaired) electrons. The van der Waals surface area contributed by atoms with Crippen LogP contribution in [0.25, 0.3) is 6.08 Å². The van der Waals surface area contributed by atoms with E-state index in [0.29, 0.717) is 10.5 Å². The molecular formula is C17H13NO2S. The van der Waals surface area contributed by atoms with Crippen molar-refractivity contribution in [3.05, 3.63) is 70.1 Å². The average molecular weight is 295 g/mol. The van der Waals surface area contributed by atoms with Crippen molar-refractivity contribution in [3.63, 3.8) is 0 Å². The summed E-state index contributed by atoms with van der Waals surface area (Å²) in [6.45, 7) is 0. The first-order valence-corrected chi connectivity index (χ1v) is 7.27. The number of benzene rings is 2. The average Bonchev–Trinajstić information content (AvgIpc) is 2.83. The molecule has 1 aliphatic heterocycles. The maximum Gasteiger partial charge on any atom is 0.212 e. The summed E-state index contributed by atoms with van der Waals surface area (Å²) < 4.78 is 4.92. The van der Waals surface area contributed by atoms with Crippen LogP contribution in [0.15, 0.2) is 58.3 Å². The summed E-state index contributed by atoms with van der Waals surface area (Å²) in [4.78, 5) is 14.0. The third-order valence-corrected chi connectivity index (χ3v) is 4.33. The molecule has 0 atom stereocenters. The van der Waals surface area contributed by atoms with Crippen molar-refractivity contribution in [2.24, 2.45) is 0 Å². The smallest absolute Gasteiger partial charge is 0.212 e. The summed E-state index contributed by atoms with van der Waals surface area (Å²) in [6.07, 6.45) is 1.86. The van der Waals surface area contributed by atoms with Crippen molar-refractivity contribution in [2.75, 3.05) is 7.11 Å². The van der Waals surface area contributed by atoms with Gasteiger partial charge >= 0.3 is 0 Å². The number of hydrogen-bond donors (Lipinski definition) is 1. The summed E-state index contributed by atoms with van der Waals surface area (Å²) in [5.74, 6) is 0.173. The summed E-state index contributed by atoms with van der Waals surface area (Å²) in [6, 6.07) is 15.0. The number of ether oxygens (including phenoxy) is 1. The molecule has 0 aromatic heterocycles. The highest BCUT2D eigenvalue weighted by atomic mass is 32.2. The van der Waals surface area contributed by atoms with Crippen LogP contribution in [0.4, 0.5) is 0 Å². The van der Waals surface area contributed by atoms with E-state index in [2.05, 4.69) is 0 Å². The molecule has 1 N–H and O–H groups in total. The fraction of sp³-hybridized carbons (Fsp3) is 0.0588. The molecule has 4 heteroatoms. The number of methoxy groups -OCH3 is 1. The van der Waals surface area contributed by atoms with Crippen LogP contribution in [-0.2, 0) is 4.74 Å². The topological polar surface area (TPSA) is 50.1 Å². The molecule has 0 fully saturated rings. The number of Topliss-reactive ketones (excluding diaryl/α,β-unsaturated/α-hetero) is 1. The summed E-state index contributed by atoms with van der Waals surface area (Å²) in [7, 11) is 1.47. The van der Waals surface area contributed by atoms with E-state index >= 15 is 0 Å². The van der Waals surface area contributed by atoms with Gasteiger partial charge in [-0.2, -0.15) is 0 Å². The second-order valence-corrected chi connectivity index (χ2v) is 5.68. The highest BCUT2D eigenvalue weighted by molar-refractivity contribution is 8.04. The van der Waals surface area contributed by atoms with Crippen LogP contribution in [-0.4, -0.2) is 18.8 Å². The molecule has 0 saturated carbocycles. The third kappa shape index (κ3) is 2.62. The lowest BCUT2D eigenvalue weighted by atomic mass is 10.1. The van der Waals surface area contributed by atoms with Gasteiger partial charge in [0.05, 0.1) is 12.0 Å². The van der Waals surface area contributed by atoms with Crippen molar-refractivity contribution < 1.29 is 9.53 Å². The lowest BCUT2D eigenvalue weighted by Crippen LogP contribution is -2.01. The Bertz CT molecular complexity index is 765. The van der Waals surface area contributed by atoms with E-state index < -0.39 is 0 Å². The maximum absolute atomic E-state index is 12.3. The number of fused-ring (bicyclic) bond motifs is 1. The largest absolute Gasteiger partial charge is 0.481 e.